The van der Waals surface area contributed by atoms with E-state index in [2.05, 4.69) is 36.2 Å². The van der Waals surface area contributed by atoms with Crippen LogP contribution in [0.4, 0.5) is 0 Å². The minimum absolute atomic E-state index is 0.0724. The van der Waals surface area contributed by atoms with Crippen LogP contribution in [-0.4, -0.2) is 36.5 Å². The van der Waals surface area contributed by atoms with Gasteiger partial charge in [0.15, 0.2) is 0 Å². The molecular weight excluding hydrogens is 304 g/mol. The first-order valence-electron chi connectivity index (χ1n) is 8.35. The number of carbonyl (C=O) groups excluding carboxylic acids is 1. The highest BCUT2D eigenvalue weighted by Gasteiger charge is 2.23. The number of piperidine rings is 1. The smallest absolute Gasteiger partial charge is 0.252 e. The van der Waals surface area contributed by atoms with Crippen LogP contribution in [0.25, 0.3) is 11.1 Å². The molecule has 0 aliphatic carbocycles. The van der Waals surface area contributed by atoms with E-state index in [-0.39, 0.29) is 5.91 Å². The first kappa shape index (κ1) is 16.2. The quantitative estimate of drug-likeness (QED) is 0.922. The minimum Gasteiger partial charge on any atom is -0.349 e. The molecule has 0 unspecified atom stereocenters. The van der Waals surface area contributed by atoms with Gasteiger partial charge in [0.25, 0.3) is 5.91 Å². The first-order valence-corrected chi connectivity index (χ1v) is 9.23. The third-order valence-corrected chi connectivity index (χ3v) is 5.56. The van der Waals surface area contributed by atoms with Gasteiger partial charge in [-0.15, -0.1) is 11.3 Å². The molecule has 1 aliphatic heterocycles. The summed E-state index contributed by atoms with van der Waals surface area (Å²) >= 11 is 1.65. The maximum atomic E-state index is 12.8. The number of benzene rings is 1. The van der Waals surface area contributed by atoms with Crippen LogP contribution in [0.5, 0.6) is 0 Å². The van der Waals surface area contributed by atoms with E-state index in [0.29, 0.717) is 6.04 Å². The van der Waals surface area contributed by atoms with Crippen LogP contribution in [0.2, 0.25) is 0 Å². The standard InChI is InChI=1S/C19H24N2OS/c1-3-21-11-9-16(10-12-21)20-19(22)17-13-23-14(2)18(17)15-7-5-4-6-8-15/h4-8,13,16H,3,9-12H2,1-2H3,(H,20,22). The molecule has 3 rings (SSSR count). The lowest BCUT2D eigenvalue weighted by molar-refractivity contribution is 0.0914. The highest BCUT2D eigenvalue weighted by atomic mass is 32.1. The van der Waals surface area contributed by atoms with Crippen molar-refractivity contribution in [3.8, 4) is 11.1 Å². The number of hydrogen-bond acceptors (Lipinski definition) is 3. The summed E-state index contributed by atoms with van der Waals surface area (Å²) in [7, 11) is 0. The Labute approximate surface area is 142 Å². The predicted molar refractivity (Wildman–Crippen MR) is 97.1 cm³/mol. The molecular formula is C19H24N2OS. The van der Waals surface area contributed by atoms with Crippen molar-refractivity contribution in [1.29, 1.82) is 0 Å². The molecule has 1 aliphatic rings. The van der Waals surface area contributed by atoms with Gasteiger partial charge in [-0.3, -0.25) is 4.79 Å². The van der Waals surface area contributed by atoms with Gasteiger partial charge in [-0.05, 0) is 31.9 Å². The number of carbonyl (C=O) groups is 1. The number of nitrogens with one attached hydrogen (secondary N) is 1. The van der Waals surface area contributed by atoms with Crippen molar-refractivity contribution in [2.75, 3.05) is 19.6 Å². The Kier molecular flexibility index (Phi) is 5.13. The second-order valence-electron chi connectivity index (χ2n) is 6.13. The molecule has 4 heteroatoms. The van der Waals surface area contributed by atoms with E-state index in [0.717, 1.165) is 49.2 Å². The summed E-state index contributed by atoms with van der Waals surface area (Å²) in [6, 6.07) is 10.5. The molecule has 0 atom stereocenters. The summed E-state index contributed by atoms with van der Waals surface area (Å²) in [5.74, 6) is 0.0724. The van der Waals surface area contributed by atoms with Crippen LogP contribution in [-0.2, 0) is 0 Å². The van der Waals surface area contributed by atoms with Crippen molar-refractivity contribution in [2.45, 2.75) is 32.7 Å². The molecule has 2 aromatic rings. The lowest BCUT2D eigenvalue weighted by Gasteiger charge is -2.31. The van der Waals surface area contributed by atoms with Crippen LogP contribution in [0.3, 0.4) is 0 Å². The molecule has 23 heavy (non-hydrogen) atoms. The van der Waals surface area contributed by atoms with E-state index in [9.17, 15) is 4.79 Å². The van der Waals surface area contributed by atoms with Gasteiger partial charge in [0.2, 0.25) is 0 Å². The Morgan fingerprint density at radius 2 is 1.96 bits per heavy atom. The zero-order valence-corrected chi connectivity index (χ0v) is 14.7. The van der Waals surface area contributed by atoms with Gasteiger partial charge < -0.3 is 10.2 Å². The highest BCUT2D eigenvalue weighted by molar-refractivity contribution is 7.10. The summed E-state index contributed by atoms with van der Waals surface area (Å²) in [6.07, 6.45) is 2.09. The average molecular weight is 328 g/mol. The Balaban J connectivity index is 1.74. The first-order chi connectivity index (χ1) is 11.2. The third kappa shape index (κ3) is 3.65. The van der Waals surface area contributed by atoms with Crippen molar-refractivity contribution in [3.05, 3.63) is 46.2 Å². The van der Waals surface area contributed by atoms with E-state index in [4.69, 9.17) is 0 Å². The van der Waals surface area contributed by atoms with Gasteiger partial charge in [-0.1, -0.05) is 37.3 Å². The van der Waals surface area contributed by atoms with Gasteiger partial charge in [-0.2, -0.15) is 0 Å². The van der Waals surface area contributed by atoms with E-state index in [1.54, 1.807) is 11.3 Å². The van der Waals surface area contributed by atoms with Crippen LogP contribution < -0.4 is 5.32 Å². The van der Waals surface area contributed by atoms with Gasteiger partial charge in [-0.25, -0.2) is 0 Å². The normalized spacial score (nSPS) is 16.4. The predicted octanol–water partition coefficient (Wildman–Crippen LogP) is 3.94. The maximum Gasteiger partial charge on any atom is 0.252 e. The van der Waals surface area contributed by atoms with Gasteiger partial charge in [0, 0.05) is 35.0 Å². The molecule has 0 radical (unpaired) electrons. The fourth-order valence-electron chi connectivity index (χ4n) is 3.24. The van der Waals surface area contributed by atoms with Crippen molar-refractivity contribution in [3.63, 3.8) is 0 Å². The summed E-state index contributed by atoms with van der Waals surface area (Å²) in [5.41, 5.74) is 3.02. The number of likely N-dealkylation sites (tertiary alicyclic amines) is 1. The van der Waals surface area contributed by atoms with Crippen LogP contribution in [0.15, 0.2) is 35.7 Å². The molecule has 0 spiro atoms. The van der Waals surface area contributed by atoms with Gasteiger partial charge in [0.1, 0.15) is 0 Å². The topological polar surface area (TPSA) is 32.3 Å². The molecule has 122 valence electrons. The second-order valence-corrected chi connectivity index (χ2v) is 7.21. The number of hydrogen-bond donors (Lipinski definition) is 1. The van der Waals surface area contributed by atoms with E-state index >= 15 is 0 Å². The number of aryl methyl sites for hydroxylation is 1. The fourth-order valence-corrected chi connectivity index (χ4v) is 4.11. The summed E-state index contributed by atoms with van der Waals surface area (Å²) in [5, 5.41) is 5.24. The Morgan fingerprint density at radius 3 is 2.61 bits per heavy atom. The lowest BCUT2D eigenvalue weighted by Crippen LogP contribution is -2.44. The Morgan fingerprint density at radius 1 is 1.26 bits per heavy atom. The molecule has 1 N–H and O–H groups in total. The van der Waals surface area contributed by atoms with Crippen LogP contribution in [0.1, 0.15) is 35.0 Å². The molecule has 2 heterocycles. The number of nitrogens with zero attached hydrogens (tertiary/aromatic N) is 1. The lowest BCUT2D eigenvalue weighted by atomic mass is 10.0. The summed E-state index contributed by atoms with van der Waals surface area (Å²) in [6.45, 7) is 7.54. The van der Waals surface area contributed by atoms with Gasteiger partial charge in [0.05, 0.1) is 5.56 Å². The molecule has 3 nitrogen and oxygen atoms in total. The molecule has 1 saturated heterocycles. The zero-order valence-electron chi connectivity index (χ0n) is 13.8. The molecule has 0 saturated carbocycles. The maximum absolute atomic E-state index is 12.8. The monoisotopic (exact) mass is 328 g/mol. The van der Waals surface area contributed by atoms with E-state index < -0.39 is 0 Å². The molecule has 1 aromatic heterocycles. The fraction of sp³-hybridized carbons (Fsp3) is 0.421. The SMILES string of the molecule is CCN1CCC(NC(=O)c2csc(C)c2-c2ccccc2)CC1. The number of amides is 1. The Hall–Kier alpha value is -1.65. The number of rotatable bonds is 4. The van der Waals surface area contributed by atoms with Crippen molar-refractivity contribution in [1.82, 2.24) is 10.2 Å². The van der Waals surface area contributed by atoms with Crippen molar-refractivity contribution < 1.29 is 4.79 Å². The molecule has 1 aromatic carbocycles. The Bertz CT molecular complexity index is 657. The third-order valence-electron chi connectivity index (χ3n) is 4.65. The highest BCUT2D eigenvalue weighted by Crippen LogP contribution is 2.32. The van der Waals surface area contributed by atoms with Crippen LogP contribution in [0, 0.1) is 6.92 Å². The molecule has 1 amide bonds. The van der Waals surface area contributed by atoms with Crippen molar-refractivity contribution >= 4 is 17.2 Å². The largest absolute Gasteiger partial charge is 0.349 e. The second kappa shape index (κ2) is 7.28. The number of thiophene rings is 1. The van der Waals surface area contributed by atoms with Crippen LogP contribution >= 0.6 is 11.3 Å². The van der Waals surface area contributed by atoms with Gasteiger partial charge >= 0.3 is 0 Å². The minimum atomic E-state index is 0.0724. The molecule has 1 fully saturated rings. The summed E-state index contributed by atoms with van der Waals surface area (Å²) < 4.78 is 0. The molecule has 0 bridgehead atoms. The van der Waals surface area contributed by atoms with E-state index in [1.165, 1.54) is 4.88 Å². The van der Waals surface area contributed by atoms with Crippen molar-refractivity contribution in [2.24, 2.45) is 0 Å². The zero-order chi connectivity index (χ0) is 16.2. The summed E-state index contributed by atoms with van der Waals surface area (Å²) in [4.78, 5) is 16.4. The average Bonchev–Trinajstić information content (AvgIpc) is 2.98. The van der Waals surface area contributed by atoms with E-state index in [1.807, 2.05) is 23.6 Å².